The standard InChI is InChI=1S/C11H15NO3/c1-8-4-3-5-9(15-2)10(8)11(14)12-6-7-13/h3-5,13H,6-7H2,1-2H3,(H,12,14). The molecule has 0 aliphatic rings. The fourth-order valence-electron chi connectivity index (χ4n) is 1.36. The molecule has 2 N–H and O–H groups in total. The van der Waals surface area contributed by atoms with E-state index in [1.807, 2.05) is 19.1 Å². The van der Waals surface area contributed by atoms with E-state index in [0.717, 1.165) is 5.56 Å². The van der Waals surface area contributed by atoms with Crippen LogP contribution in [0.15, 0.2) is 18.2 Å². The molecule has 0 unspecified atom stereocenters. The summed E-state index contributed by atoms with van der Waals surface area (Å²) in [7, 11) is 1.53. The number of ether oxygens (including phenoxy) is 1. The first-order chi connectivity index (χ1) is 7.20. The van der Waals surface area contributed by atoms with Crippen LogP contribution in [0.1, 0.15) is 15.9 Å². The van der Waals surface area contributed by atoms with Crippen molar-refractivity contribution in [3.05, 3.63) is 29.3 Å². The fourth-order valence-corrected chi connectivity index (χ4v) is 1.36. The number of hydrogen-bond acceptors (Lipinski definition) is 3. The minimum atomic E-state index is -0.223. The third-order valence-corrected chi connectivity index (χ3v) is 2.08. The van der Waals surface area contributed by atoms with Crippen LogP contribution < -0.4 is 10.1 Å². The summed E-state index contributed by atoms with van der Waals surface area (Å²) in [6.45, 7) is 2.02. The Kier molecular flexibility index (Phi) is 4.12. The van der Waals surface area contributed by atoms with Gasteiger partial charge in [0.05, 0.1) is 19.3 Å². The van der Waals surface area contributed by atoms with Crippen LogP contribution in [0, 0.1) is 6.92 Å². The van der Waals surface area contributed by atoms with Crippen LogP contribution in [0.5, 0.6) is 5.75 Å². The number of aryl methyl sites for hydroxylation is 1. The zero-order valence-corrected chi connectivity index (χ0v) is 8.91. The molecule has 1 amide bonds. The first-order valence-electron chi connectivity index (χ1n) is 4.73. The van der Waals surface area contributed by atoms with Gasteiger partial charge in [0.25, 0.3) is 5.91 Å². The third kappa shape index (κ3) is 2.70. The molecule has 15 heavy (non-hydrogen) atoms. The Morgan fingerprint density at radius 1 is 1.53 bits per heavy atom. The number of carbonyl (C=O) groups is 1. The molecular formula is C11H15NO3. The number of aliphatic hydroxyl groups excluding tert-OH is 1. The Labute approximate surface area is 88.9 Å². The maximum absolute atomic E-state index is 11.7. The monoisotopic (exact) mass is 209 g/mol. The number of aliphatic hydroxyl groups is 1. The minimum Gasteiger partial charge on any atom is -0.496 e. The molecule has 0 atom stereocenters. The molecule has 0 aromatic heterocycles. The Balaban J connectivity index is 2.95. The summed E-state index contributed by atoms with van der Waals surface area (Å²) < 4.78 is 5.10. The van der Waals surface area contributed by atoms with Crippen molar-refractivity contribution in [3.63, 3.8) is 0 Å². The highest BCUT2D eigenvalue weighted by atomic mass is 16.5. The summed E-state index contributed by atoms with van der Waals surface area (Å²) in [5.74, 6) is 0.324. The van der Waals surface area contributed by atoms with Crippen molar-refractivity contribution in [1.82, 2.24) is 5.32 Å². The second-order valence-corrected chi connectivity index (χ2v) is 3.13. The van der Waals surface area contributed by atoms with Crippen molar-refractivity contribution < 1.29 is 14.6 Å². The minimum absolute atomic E-state index is 0.0695. The fraction of sp³-hybridized carbons (Fsp3) is 0.364. The number of benzene rings is 1. The number of rotatable bonds is 4. The van der Waals surface area contributed by atoms with Gasteiger partial charge in [-0.3, -0.25) is 4.79 Å². The van der Waals surface area contributed by atoms with Crippen molar-refractivity contribution in [2.45, 2.75) is 6.92 Å². The third-order valence-electron chi connectivity index (χ3n) is 2.08. The highest BCUT2D eigenvalue weighted by Gasteiger charge is 2.13. The molecule has 4 heteroatoms. The van der Waals surface area contributed by atoms with Gasteiger partial charge in [0.15, 0.2) is 0 Å². The van der Waals surface area contributed by atoms with Crippen molar-refractivity contribution in [3.8, 4) is 5.75 Å². The van der Waals surface area contributed by atoms with E-state index in [1.54, 1.807) is 6.07 Å². The van der Waals surface area contributed by atoms with Gasteiger partial charge < -0.3 is 15.2 Å². The molecule has 0 spiro atoms. The zero-order chi connectivity index (χ0) is 11.3. The molecule has 0 fully saturated rings. The Morgan fingerprint density at radius 3 is 2.87 bits per heavy atom. The molecule has 0 aliphatic carbocycles. The molecule has 82 valence electrons. The van der Waals surface area contributed by atoms with Crippen LogP contribution in [0.2, 0.25) is 0 Å². The first-order valence-corrected chi connectivity index (χ1v) is 4.73. The van der Waals surface area contributed by atoms with Gasteiger partial charge in [-0.2, -0.15) is 0 Å². The van der Waals surface area contributed by atoms with Crippen LogP contribution in [0.4, 0.5) is 0 Å². The predicted molar refractivity (Wildman–Crippen MR) is 57.2 cm³/mol. The van der Waals surface area contributed by atoms with E-state index in [4.69, 9.17) is 9.84 Å². The van der Waals surface area contributed by atoms with Gasteiger partial charge >= 0.3 is 0 Å². The van der Waals surface area contributed by atoms with Gasteiger partial charge in [-0.25, -0.2) is 0 Å². The Hall–Kier alpha value is -1.55. The van der Waals surface area contributed by atoms with E-state index < -0.39 is 0 Å². The first kappa shape index (κ1) is 11.5. The molecule has 0 heterocycles. The van der Waals surface area contributed by atoms with E-state index in [2.05, 4.69) is 5.32 Å². The molecule has 0 bridgehead atoms. The smallest absolute Gasteiger partial charge is 0.255 e. The normalized spacial score (nSPS) is 9.80. The topological polar surface area (TPSA) is 58.6 Å². The number of methoxy groups -OCH3 is 1. The van der Waals surface area contributed by atoms with Gasteiger partial charge in [-0.1, -0.05) is 12.1 Å². The van der Waals surface area contributed by atoms with E-state index in [1.165, 1.54) is 7.11 Å². The number of hydrogen-bond donors (Lipinski definition) is 2. The largest absolute Gasteiger partial charge is 0.496 e. The molecule has 1 aromatic carbocycles. The highest BCUT2D eigenvalue weighted by molar-refractivity contribution is 5.98. The van der Waals surface area contributed by atoms with E-state index in [-0.39, 0.29) is 19.1 Å². The van der Waals surface area contributed by atoms with Crippen molar-refractivity contribution in [2.75, 3.05) is 20.3 Å². The SMILES string of the molecule is COc1cccc(C)c1C(=O)NCCO. The quantitative estimate of drug-likeness (QED) is 0.768. The highest BCUT2D eigenvalue weighted by Crippen LogP contribution is 2.21. The summed E-state index contributed by atoms with van der Waals surface area (Å²) >= 11 is 0. The maximum atomic E-state index is 11.7. The molecule has 0 saturated carbocycles. The number of carbonyl (C=O) groups excluding carboxylic acids is 1. The average molecular weight is 209 g/mol. The van der Waals surface area contributed by atoms with Crippen molar-refractivity contribution in [1.29, 1.82) is 0 Å². The molecule has 0 saturated heterocycles. The van der Waals surface area contributed by atoms with Gasteiger partial charge in [-0.05, 0) is 18.6 Å². The Morgan fingerprint density at radius 2 is 2.27 bits per heavy atom. The average Bonchev–Trinajstić information content (AvgIpc) is 2.25. The van der Waals surface area contributed by atoms with Gasteiger partial charge in [0.1, 0.15) is 5.75 Å². The van der Waals surface area contributed by atoms with Gasteiger partial charge in [-0.15, -0.1) is 0 Å². The second kappa shape index (κ2) is 5.36. The van der Waals surface area contributed by atoms with Crippen molar-refractivity contribution in [2.24, 2.45) is 0 Å². The van der Waals surface area contributed by atoms with Gasteiger partial charge in [0, 0.05) is 6.54 Å². The summed E-state index contributed by atoms with van der Waals surface area (Å²) in [5.41, 5.74) is 1.37. The summed E-state index contributed by atoms with van der Waals surface area (Å²) in [6, 6.07) is 5.41. The van der Waals surface area contributed by atoms with Crippen LogP contribution in [0.25, 0.3) is 0 Å². The van der Waals surface area contributed by atoms with E-state index in [9.17, 15) is 4.79 Å². The number of nitrogens with one attached hydrogen (secondary N) is 1. The van der Waals surface area contributed by atoms with E-state index >= 15 is 0 Å². The molecule has 4 nitrogen and oxygen atoms in total. The molecule has 1 rings (SSSR count). The second-order valence-electron chi connectivity index (χ2n) is 3.13. The number of amides is 1. The molecular weight excluding hydrogens is 194 g/mol. The predicted octanol–water partition coefficient (Wildman–Crippen LogP) is 0.726. The lowest BCUT2D eigenvalue weighted by atomic mass is 10.1. The Bertz CT molecular complexity index is 350. The lowest BCUT2D eigenvalue weighted by Crippen LogP contribution is -2.27. The molecule has 0 radical (unpaired) electrons. The maximum Gasteiger partial charge on any atom is 0.255 e. The van der Waals surface area contributed by atoms with Crippen molar-refractivity contribution >= 4 is 5.91 Å². The molecule has 1 aromatic rings. The summed E-state index contributed by atoms with van der Waals surface area (Å²) in [6.07, 6.45) is 0. The van der Waals surface area contributed by atoms with Crippen LogP contribution >= 0.6 is 0 Å². The van der Waals surface area contributed by atoms with Crippen LogP contribution in [-0.4, -0.2) is 31.3 Å². The zero-order valence-electron chi connectivity index (χ0n) is 8.91. The molecule has 0 aliphatic heterocycles. The summed E-state index contributed by atoms with van der Waals surface area (Å²) in [4.78, 5) is 11.7. The van der Waals surface area contributed by atoms with Gasteiger partial charge in [0.2, 0.25) is 0 Å². The summed E-state index contributed by atoms with van der Waals surface area (Å²) in [5, 5.41) is 11.2. The lowest BCUT2D eigenvalue weighted by molar-refractivity contribution is 0.0941. The lowest BCUT2D eigenvalue weighted by Gasteiger charge is -2.10. The van der Waals surface area contributed by atoms with E-state index in [0.29, 0.717) is 11.3 Å². The van der Waals surface area contributed by atoms with Crippen LogP contribution in [0.3, 0.4) is 0 Å². The van der Waals surface area contributed by atoms with Crippen LogP contribution in [-0.2, 0) is 0 Å².